The van der Waals surface area contributed by atoms with Crippen LogP contribution in [0.4, 0.5) is 0 Å². The summed E-state index contributed by atoms with van der Waals surface area (Å²) in [4.78, 5) is 15.3. The lowest BCUT2D eigenvalue weighted by atomic mass is 9.91. The molecule has 0 amide bonds. The summed E-state index contributed by atoms with van der Waals surface area (Å²) >= 11 is 0. The summed E-state index contributed by atoms with van der Waals surface area (Å²) in [5.41, 5.74) is 3.84. The highest BCUT2D eigenvalue weighted by Gasteiger charge is 2.25. The van der Waals surface area contributed by atoms with E-state index in [0.717, 1.165) is 35.9 Å². The molecule has 0 saturated carbocycles. The number of para-hydroxylation sites is 1. The number of hydrogen-bond donors (Lipinski definition) is 3. The van der Waals surface area contributed by atoms with E-state index in [2.05, 4.69) is 10.3 Å². The summed E-state index contributed by atoms with van der Waals surface area (Å²) in [6, 6.07) is 5.93. The highest BCUT2D eigenvalue weighted by Crippen LogP contribution is 2.35. The Morgan fingerprint density at radius 1 is 1.52 bits per heavy atom. The fourth-order valence-corrected chi connectivity index (χ4v) is 3.21. The van der Waals surface area contributed by atoms with Crippen molar-refractivity contribution in [3.8, 4) is 0 Å². The number of H-pyrrole nitrogens is 1. The monoisotopic (exact) mass is 288 g/mol. The van der Waals surface area contributed by atoms with Crippen molar-refractivity contribution in [3.63, 3.8) is 0 Å². The van der Waals surface area contributed by atoms with Gasteiger partial charge in [-0.05, 0) is 30.9 Å². The van der Waals surface area contributed by atoms with E-state index < -0.39 is 0 Å². The molecule has 3 rings (SSSR count). The molecule has 5 nitrogen and oxygen atoms in total. The summed E-state index contributed by atoms with van der Waals surface area (Å²) in [5, 5.41) is 13.5. The van der Waals surface area contributed by atoms with Crippen LogP contribution in [0, 0.1) is 0 Å². The van der Waals surface area contributed by atoms with Gasteiger partial charge in [0.1, 0.15) is 0 Å². The van der Waals surface area contributed by atoms with Crippen molar-refractivity contribution in [3.05, 3.63) is 35.0 Å². The molecule has 1 unspecified atom stereocenters. The van der Waals surface area contributed by atoms with E-state index >= 15 is 0 Å². The van der Waals surface area contributed by atoms with Crippen LogP contribution in [0.3, 0.4) is 0 Å². The lowest BCUT2D eigenvalue weighted by molar-refractivity contribution is 0.0603. The van der Waals surface area contributed by atoms with Gasteiger partial charge >= 0.3 is 5.97 Å². The molecule has 1 aromatic carbocycles. The molecule has 112 valence electrons. The number of aliphatic hydroxyl groups excluding tert-OH is 1. The van der Waals surface area contributed by atoms with Crippen LogP contribution in [0.15, 0.2) is 18.2 Å². The van der Waals surface area contributed by atoms with E-state index in [1.807, 2.05) is 12.1 Å². The van der Waals surface area contributed by atoms with E-state index in [1.54, 1.807) is 6.07 Å². The first-order valence-electron chi connectivity index (χ1n) is 7.32. The zero-order valence-corrected chi connectivity index (χ0v) is 12.1. The highest BCUT2D eigenvalue weighted by molar-refractivity contribution is 6.04. The molecule has 1 aliphatic rings. The third kappa shape index (κ3) is 2.43. The molecule has 21 heavy (non-hydrogen) atoms. The average molecular weight is 288 g/mol. The molecule has 1 heterocycles. The molecule has 0 radical (unpaired) electrons. The second-order valence-electron chi connectivity index (χ2n) is 5.36. The van der Waals surface area contributed by atoms with Crippen molar-refractivity contribution in [2.45, 2.75) is 25.3 Å². The maximum absolute atomic E-state index is 11.9. The molecule has 0 spiro atoms. The second kappa shape index (κ2) is 5.87. The number of ether oxygens (including phenoxy) is 1. The van der Waals surface area contributed by atoms with Crippen LogP contribution in [-0.4, -0.2) is 36.3 Å². The van der Waals surface area contributed by atoms with Crippen LogP contribution < -0.4 is 5.32 Å². The standard InChI is InChI=1S/C16H20N2O3/c1-21-16(20)12-6-2-4-10-11-5-3-7-13(17-8-9-19)15(11)18-14(10)12/h2,4,6,13,17-19H,3,5,7-9H2,1H3. The van der Waals surface area contributed by atoms with E-state index in [-0.39, 0.29) is 18.6 Å². The SMILES string of the molecule is COC(=O)c1cccc2c3c([nH]c12)C(NCCO)CCC3. The van der Waals surface area contributed by atoms with Gasteiger partial charge in [0.2, 0.25) is 0 Å². The number of hydrogen-bond acceptors (Lipinski definition) is 4. The number of aromatic nitrogens is 1. The van der Waals surface area contributed by atoms with Gasteiger partial charge < -0.3 is 20.1 Å². The fraction of sp³-hybridized carbons (Fsp3) is 0.438. The van der Waals surface area contributed by atoms with E-state index in [1.165, 1.54) is 12.7 Å². The molecule has 1 aliphatic carbocycles. The van der Waals surface area contributed by atoms with Crippen molar-refractivity contribution in [2.75, 3.05) is 20.3 Å². The van der Waals surface area contributed by atoms with E-state index in [9.17, 15) is 4.79 Å². The molecule has 0 bridgehead atoms. The Balaban J connectivity index is 2.09. The number of aliphatic hydroxyl groups is 1. The minimum atomic E-state index is -0.320. The number of carbonyl (C=O) groups excluding carboxylic acids is 1. The van der Waals surface area contributed by atoms with Gasteiger partial charge in [0.15, 0.2) is 0 Å². The van der Waals surface area contributed by atoms with Gasteiger partial charge in [-0.15, -0.1) is 0 Å². The van der Waals surface area contributed by atoms with Gasteiger partial charge in [-0.2, -0.15) is 0 Å². The predicted molar refractivity (Wildman–Crippen MR) is 80.4 cm³/mol. The summed E-state index contributed by atoms with van der Waals surface area (Å²) in [5.74, 6) is -0.320. The van der Waals surface area contributed by atoms with Gasteiger partial charge in [-0.3, -0.25) is 0 Å². The topological polar surface area (TPSA) is 74.4 Å². The molecule has 5 heteroatoms. The summed E-state index contributed by atoms with van der Waals surface area (Å²) in [6.07, 6.45) is 3.15. The van der Waals surface area contributed by atoms with E-state index in [0.29, 0.717) is 12.1 Å². The third-order valence-corrected chi connectivity index (χ3v) is 4.15. The largest absolute Gasteiger partial charge is 0.465 e. The molecule has 1 aromatic heterocycles. The first kappa shape index (κ1) is 14.1. The Hall–Kier alpha value is -1.85. The minimum absolute atomic E-state index is 0.124. The zero-order valence-electron chi connectivity index (χ0n) is 12.1. The van der Waals surface area contributed by atoms with Crippen LogP contribution in [0.2, 0.25) is 0 Å². The number of aromatic amines is 1. The van der Waals surface area contributed by atoms with Gasteiger partial charge in [-0.25, -0.2) is 4.79 Å². The van der Waals surface area contributed by atoms with E-state index in [4.69, 9.17) is 9.84 Å². The molecular formula is C16H20N2O3. The lowest BCUT2D eigenvalue weighted by Gasteiger charge is -2.23. The molecule has 0 aliphatic heterocycles. The number of esters is 1. The minimum Gasteiger partial charge on any atom is -0.465 e. The van der Waals surface area contributed by atoms with Crippen molar-refractivity contribution in [2.24, 2.45) is 0 Å². The maximum Gasteiger partial charge on any atom is 0.339 e. The second-order valence-corrected chi connectivity index (χ2v) is 5.36. The molecular weight excluding hydrogens is 268 g/mol. The van der Waals surface area contributed by atoms with Gasteiger partial charge in [0.05, 0.1) is 24.8 Å². The van der Waals surface area contributed by atoms with Crippen LogP contribution >= 0.6 is 0 Å². The molecule has 2 aromatic rings. The number of benzene rings is 1. The van der Waals surface area contributed by atoms with Crippen molar-refractivity contribution < 1.29 is 14.6 Å². The quantitative estimate of drug-likeness (QED) is 0.751. The Bertz CT molecular complexity index is 663. The van der Waals surface area contributed by atoms with Gasteiger partial charge in [-0.1, -0.05) is 12.1 Å². The Labute approximate surface area is 123 Å². The molecule has 0 saturated heterocycles. The fourth-order valence-electron chi connectivity index (χ4n) is 3.21. The van der Waals surface area contributed by atoms with Crippen LogP contribution in [0.25, 0.3) is 10.9 Å². The maximum atomic E-state index is 11.9. The molecule has 3 N–H and O–H groups in total. The van der Waals surface area contributed by atoms with Crippen LogP contribution in [-0.2, 0) is 11.2 Å². The summed E-state index contributed by atoms with van der Waals surface area (Å²) in [6.45, 7) is 0.697. The zero-order chi connectivity index (χ0) is 14.8. The van der Waals surface area contributed by atoms with Crippen molar-refractivity contribution in [1.29, 1.82) is 0 Å². The Morgan fingerprint density at radius 3 is 3.14 bits per heavy atom. The first-order valence-corrected chi connectivity index (χ1v) is 7.32. The number of carbonyl (C=O) groups is 1. The average Bonchev–Trinajstić information content (AvgIpc) is 2.91. The van der Waals surface area contributed by atoms with Crippen molar-refractivity contribution in [1.82, 2.24) is 10.3 Å². The number of aryl methyl sites for hydroxylation is 1. The van der Waals surface area contributed by atoms with Crippen LogP contribution in [0.1, 0.15) is 40.5 Å². The van der Waals surface area contributed by atoms with Gasteiger partial charge in [0, 0.05) is 23.7 Å². The Morgan fingerprint density at radius 2 is 2.38 bits per heavy atom. The number of nitrogens with one attached hydrogen (secondary N) is 2. The Kier molecular flexibility index (Phi) is 3.94. The van der Waals surface area contributed by atoms with Crippen LogP contribution in [0.5, 0.6) is 0 Å². The summed E-state index contributed by atoms with van der Waals surface area (Å²) in [7, 11) is 1.40. The predicted octanol–water partition coefficient (Wildman–Crippen LogP) is 1.91. The number of methoxy groups -OCH3 is 1. The number of fused-ring (bicyclic) bond motifs is 3. The summed E-state index contributed by atoms with van der Waals surface area (Å²) < 4.78 is 4.86. The normalized spacial score (nSPS) is 17.7. The third-order valence-electron chi connectivity index (χ3n) is 4.15. The number of rotatable bonds is 4. The van der Waals surface area contributed by atoms with Gasteiger partial charge in [0.25, 0.3) is 0 Å². The molecule has 1 atom stereocenters. The molecule has 0 fully saturated rings. The van der Waals surface area contributed by atoms with Crippen molar-refractivity contribution >= 4 is 16.9 Å². The first-order chi connectivity index (χ1) is 10.3. The smallest absolute Gasteiger partial charge is 0.339 e. The highest BCUT2D eigenvalue weighted by atomic mass is 16.5. The lowest BCUT2D eigenvalue weighted by Crippen LogP contribution is -2.27.